The SMILES string of the molecule is CC(C)(O)C(C)(O)CCl. The van der Waals surface area contributed by atoms with E-state index in [2.05, 4.69) is 0 Å². The second kappa shape index (κ2) is 2.45. The highest BCUT2D eigenvalue weighted by atomic mass is 35.5. The summed E-state index contributed by atoms with van der Waals surface area (Å²) in [5.74, 6) is 0.0382. The van der Waals surface area contributed by atoms with Crippen LogP contribution in [0.4, 0.5) is 0 Å². The van der Waals surface area contributed by atoms with Crippen LogP contribution in [0, 0.1) is 0 Å². The molecule has 0 aromatic carbocycles. The van der Waals surface area contributed by atoms with Gasteiger partial charge in [0.15, 0.2) is 0 Å². The standard InChI is InChI=1S/C6H13ClO2/c1-5(2,8)6(3,9)4-7/h8-9H,4H2,1-3H3. The van der Waals surface area contributed by atoms with Crippen molar-refractivity contribution in [3.8, 4) is 0 Å². The van der Waals surface area contributed by atoms with Gasteiger partial charge in [-0.25, -0.2) is 0 Å². The van der Waals surface area contributed by atoms with Gasteiger partial charge in [-0.2, -0.15) is 0 Å². The molecule has 0 bridgehead atoms. The molecule has 0 radical (unpaired) electrons. The Kier molecular flexibility index (Phi) is 2.50. The molecule has 0 spiro atoms. The van der Waals surface area contributed by atoms with Crippen LogP contribution >= 0.6 is 11.6 Å². The number of halogens is 1. The smallest absolute Gasteiger partial charge is 0.103 e. The highest BCUT2D eigenvalue weighted by Gasteiger charge is 2.36. The molecule has 0 amide bonds. The third-order valence-electron chi connectivity index (χ3n) is 1.58. The topological polar surface area (TPSA) is 40.5 Å². The zero-order valence-electron chi connectivity index (χ0n) is 5.98. The van der Waals surface area contributed by atoms with Crippen LogP contribution in [0.25, 0.3) is 0 Å². The van der Waals surface area contributed by atoms with Crippen LogP contribution in [0.15, 0.2) is 0 Å². The molecule has 0 aromatic heterocycles. The molecule has 3 heteroatoms. The van der Waals surface area contributed by atoms with Crippen LogP contribution in [0.2, 0.25) is 0 Å². The molecule has 0 saturated carbocycles. The van der Waals surface area contributed by atoms with E-state index in [4.69, 9.17) is 11.6 Å². The first-order valence-electron chi connectivity index (χ1n) is 2.82. The van der Waals surface area contributed by atoms with Crippen molar-refractivity contribution in [2.75, 3.05) is 5.88 Å². The van der Waals surface area contributed by atoms with E-state index in [1.807, 2.05) is 0 Å². The molecule has 0 saturated heterocycles. The van der Waals surface area contributed by atoms with Gasteiger partial charge in [0, 0.05) is 0 Å². The van der Waals surface area contributed by atoms with Crippen molar-refractivity contribution in [2.24, 2.45) is 0 Å². The van der Waals surface area contributed by atoms with Crippen molar-refractivity contribution >= 4 is 11.6 Å². The third kappa shape index (κ3) is 2.12. The summed E-state index contributed by atoms with van der Waals surface area (Å²) < 4.78 is 0. The molecule has 0 aliphatic carbocycles. The van der Waals surface area contributed by atoms with Crippen LogP contribution in [-0.2, 0) is 0 Å². The molecular formula is C6H13ClO2. The molecule has 56 valence electrons. The fraction of sp³-hybridized carbons (Fsp3) is 1.00. The summed E-state index contributed by atoms with van der Waals surface area (Å²) in [6.45, 7) is 4.55. The summed E-state index contributed by atoms with van der Waals surface area (Å²) >= 11 is 5.37. The summed E-state index contributed by atoms with van der Waals surface area (Å²) in [6, 6.07) is 0. The lowest BCUT2D eigenvalue weighted by molar-refractivity contribution is -0.105. The van der Waals surface area contributed by atoms with Crippen LogP contribution in [0.5, 0.6) is 0 Å². The zero-order valence-corrected chi connectivity index (χ0v) is 6.74. The lowest BCUT2D eigenvalue weighted by atomic mass is 9.90. The van der Waals surface area contributed by atoms with Gasteiger partial charge < -0.3 is 10.2 Å². The highest BCUT2D eigenvalue weighted by molar-refractivity contribution is 6.18. The van der Waals surface area contributed by atoms with E-state index >= 15 is 0 Å². The van der Waals surface area contributed by atoms with E-state index in [1.54, 1.807) is 0 Å². The molecule has 2 N–H and O–H groups in total. The van der Waals surface area contributed by atoms with E-state index in [9.17, 15) is 10.2 Å². The maximum Gasteiger partial charge on any atom is 0.103 e. The van der Waals surface area contributed by atoms with E-state index < -0.39 is 11.2 Å². The zero-order chi connectivity index (χ0) is 7.71. The monoisotopic (exact) mass is 152 g/mol. The Hall–Kier alpha value is 0.210. The number of rotatable bonds is 2. The van der Waals surface area contributed by atoms with E-state index in [1.165, 1.54) is 20.8 Å². The minimum absolute atomic E-state index is 0.0382. The fourth-order valence-corrected chi connectivity index (χ4v) is 0.491. The average Bonchev–Trinajstić information content (AvgIpc) is 1.64. The summed E-state index contributed by atoms with van der Waals surface area (Å²) in [5.41, 5.74) is -2.33. The molecule has 0 aliphatic heterocycles. The normalized spacial score (nSPS) is 19.3. The van der Waals surface area contributed by atoms with Crippen LogP contribution in [0.1, 0.15) is 20.8 Å². The van der Waals surface area contributed by atoms with Crippen molar-refractivity contribution in [2.45, 2.75) is 32.0 Å². The molecule has 0 heterocycles. The molecule has 0 fully saturated rings. The summed E-state index contributed by atoms with van der Waals surface area (Å²) in [4.78, 5) is 0. The first-order chi connectivity index (χ1) is 3.81. The quantitative estimate of drug-likeness (QED) is 0.574. The molecule has 0 aromatic rings. The maximum atomic E-state index is 9.28. The van der Waals surface area contributed by atoms with Crippen molar-refractivity contribution in [1.29, 1.82) is 0 Å². The molecule has 0 aliphatic rings. The van der Waals surface area contributed by atoms with Gasteiger partial charge in [-0.15, -0.1) is 11.6 Å². The predicted molar refractivity (Wildman–Crippen MR) is 37.6 cm³/mol. The van der Waals surface area contributed by atoms with Gasteiger partial charge in [0.1, 0.15) is 5.60 Å². The second-order valence-electron chi connectivity index (χ2n) is 2.97. The highest BCUT2D eigenvalue weighted by Crippen LogP contribution is 2.21. The van der Waals surface area contributed by atoms with Crippen LogP contribution in [-0.4, -0.2) is 27.3 Å². The van der Waals surface area contributed by atoms with Crippen molar-refractivity contribution in [3.63, 3.8) is 0 Å². The fourth-order valence-electron chi connectivity index (χ4n) is 0.164. The first-order valence-corrected chi connectivity index (χ1v) is 3.35. The predicted octanol–water partition coefficient (Wildman–Crippen LogP) is 0.747. The van der Waals surface area contributed by atoms with Gasteiger partial charge in [0.25, 0.3) is 0 Å². The van der Waals surface area contributed by atoms with Gasteiger partial charge in [0.05, 0.1) is 11.5 Å². The van der Waals surface area contributed by atoms with E-state index in [0.29, 0.717) is 0 Å². The number of hydrogen-bond donors (Lipinski definition) is 2. The van der Waals surface area contributed by atoms with Crippen LogP contribution < -0.4 is 0 Å². The Morgan fingerprint density at radius 1 is 1.22 bits per heavy atom. The third-order valence-corrected chi connectivity index (χ3v) is 2.10. The molecule has 1 atom stereocenters. The molecular weight excluding hydrogens is 140 g/mol. The lowest BCUT2D eigenvalue weighted by Crippen LogP contribution is -2.49. The Labute approximate surface area is 60.5 Å². The minimum atomic E-state index is -1.20. The molecule has 0 rings (SSSR count). The molecule has 2 nitrogen and oxygen atoms in total. The van der Waals surface area contributed by atoms with Gasteiger partial charge in [-0.3, -0.25) is 0 Å². The first kappa shape index (κ1) is 9.21. The van der Waals surface area contributed by atoms with E-state index in [-0.39, 0.29) is 5.88 Å². The minimum Gasteiger partial charge on any atom is -0.387 e. The maximum absolute atomic E-state index is 9.28. The lowest BCUT2D eigenvalue weighted by Gasteiger charge is -2.33. The van der Waals surface area contributed by atoms with Gasteiger partial charge in [-0.05, 0) is 20.8 Å². The number of aliphatic hydroxyl groups is 2. The number of alkyl halides is 1. The van der Waals surface area contributed by atoms with Gasteiger partial charge >= 0.3 is 0 Å². The van der Waals surface area contributed by atoms with Gasteiger partial charge in [0.2, 0.25) is 0 Å². The number of hydrogen-bond acceptors (Lipinski definition) is 2. The summed E-state index contributed by atoms with van der Waals surface area (Å²) in [7, 11) is 0. The summed E-state index contributed by atoms with van der Waals surface area (Å²) in [5, 5.41) is 18.5. The van der Waals surface area contributed by atoms with Crippen molar-refractivity contribution in [1.82, 2.24) is 0 Å². The van der Waals surface area contributed by atoms with Crippen molar-refractivity contribution < 1.29 is 10.2 Å². The van der Waals surface area contributed by atoms with Crippen LogP contribution in [0.3, 0.4) is 0 Å². The van der Waals surface area contributed by atoms with E-state index in [0.717, 1.165) is 0 Å². The summed E-state index contributed by atoms with van der Waals surface area (Å²) in [6.07, 6.45) is 0. The Balaban J connectivity index is 4.14. The van der Waals surface area contributed by atoms with Crippen molar-refractivity contribution in [3.05, 3.63) is 0 Å². The Bertz CT molecular complexity index is 93.7. The molecule has 1 unspecified atom stereocenters. The Morgan fingerprint density at radius 3 is 1.56 bits per heavy atom. The largest absolute Gasteiger partial charge is 0.387 e. The molecule has 9 heavy (non-hydrogen) atoms. The average molecular weight is 153 g/mol. The van der Waals surface area contributed by atoms with Gasteiger partial charge in [-0.1, -0.05) is 0 Å². The Morgan fingerprint density at radius 2 is 1.56 bits per heavy atom. The second-order valence-corrected chi connectivity index (χ2v) is 3.23.